The summed E-state index contributed by atoms with van der Waals surface area (Å²) < 4.78 is 32.9. The fourth-order valence-corrected chi connectivity index (χ4v) is 5.65. The number of aliphatic hydroxyl groups is 1. The molecule has 5 rings (SSSR count). The molecule has 2 heterocycles. The van der Waals surface area contributed by atoms with Crippen molar-refractivity contribution in [1.29, 1.82) is 5.26 Å². The van der Waals surface area contributed by atoms with E-state index in [-0.39, 0.29) is 59.5 Å². The molecule has 2 fully saturated rings. The van der Waals surface area contributed by atoms with Gasteiger partial charge in [0.1, 0.15) is 30.3 Å². The summed E-state index contributed by atoms with van der Waals surface area (Å²) in [5.74, 6) is -4.33. The maximum Gasteiger partial charge on any atom is 0.252 e. The highest BCUT2D eigenvalue weighted by Crippen LogP contribution is 2.40. The van der Waals surface area contributed by atoms with Gasteiger partial charge in [0.05, 0.1) is 18.2 Å². The summed E-state index contributed by atoms with van der Waals surface area (Å²) in [6.45, 7) is -0.301. The number of carbonyl (C=O) groups is 3. The van der Waals surface area contributed by atoms with Crippen molar-refractivity contribution < 1.29 is 33.0 Å². The first-order chi connectivity index (χ1) is 21.1. The second kappa shape index (κ2) is 13.0. The van der Waals surface area contributed by atoms with Crippen molar-refractivity contribution in [3.8, 4) is 11.8 Å². The molecule has 0 spiro atoms. The van der Waals surface area contributed by atoms with Gasteiger partial charge in [0, 0.05) is 53.8 Å². The fourth-order valence-electron chi connectivity index (χ4n) is 5.41. The maximum absolute atomic E-state index is 14.7. The second-order valence-corrected chi connectivity index (χ2v) is 10.9. The molecule has 1 saturated heterocycles. The van der Waals surface area contributed by atoms with E-state index >= 15 is 0 Å². The molecule has 1 aliphatic heterocycles. The van der Waals surface area contributed by atoms with Gasteiger partial charge in [-0.25, -0.2) is 13.8 Å². The molecule has 1 saturated carbocycles. The van der Waals surface area contributed by atoms with E-state index < -0.39 is 54.6 Å². The Morgan fingerprint density at radius 3 is 2.68 bits per heavy atom. The summed E-state index contributed by atoms with van der Waals surface area (Å²) in [5.41, 5.74) is 0.660. The molecule has 13 heteroatoms. The highest BCUT2D eigenvalue weighted by atomic mass is 35.5. The van der Waals surface area contributed by atoms with E-state index in [1.807, 2.05) is 6.07 Å². The van der Waals surface area contributed by atoms with E-state index in [9.17, 15) is 33.5 Å². The Hall–Kier alpha value is -4.60. The lowest BCUT2D eigenvalue weighted by Crippen LogP contribution is -2.56. The molecular weight excluding hydrogens is 596 g/mol. The van der Waals surface area contributed by atoms with Gasteiger partial charge in [-0.2, -0.15) is 5.26 Å². The van der Waals surface area contributed by atoms with Crippen LogP contribution in [0.2, 0.25) is 5.02 Å². The largest absolute Gasteiger partial charge is 0.491 e. The third-order valence-corrected chi connectivity index (χ3v) is 7.80. The van der Waals surface area contributed by atoms with E-state index in [2.05, 4.69) is 10.3 Å². The Labute approximate surface area is 256 Å². The second-order valence-electron chi connectivity index (χ2n) is 10.5. The molecule has 2 aromatic carbocycles. The Morgan fingerprint density at radius 2 is 1.98 bits per heavy atom. The Morgan fingerprint density at radius 1 is 1.20 bits per heavy atom. The minimum atomic E-state index is -2.90. The molecule has 0 unspecified atom stereocenters. The molecular formula is C31H28ClF2N5O5. The van der Waals surface area contributed by atoms with Crippen molar-refractivity contribution >= 4 is 40.8 Å². The monoisotopic (exact) mass is 623 g/mol. The van der Waals surface area contributed by atoms with Gasteiger partial charge in [0.15, 0.2) is 0 Å². The zero-order valence-corrected chi connectivity index (χ0v) is 24.1. The van der Waals surface area contributed by atoms with Crippen molar-refractivity contribution in [2.45, 2.75) is 49.7 Å². The fraction of sp³-hybridized carbons (Fsp3) is 0.323. The molecule has 3 aromatic rings. The van der Waals surface area contributed by atoms with Gasteiger partial charge in [-0.05, 0) is 36.8 Å². The van der Waals surface area contributed by atoms with Crippen molar-refractivity contribution in [1.82, 2.24) is 10.3 Å². The summed E-state index contributed by atoms with van der Waals surface area (Å²) in [7, 11) is 0. The number of alkyl halides is 2. The van der Waals surface area contributed by atoms with Gasteiger partial charge < -0.3 is 15.2 Å². The zero-order chi connectivity index (χ0) is 31.4. The van der Waals surface area contributed by atoms with Crippen LogP contribution in [0.15, 0.2) is 66.9 Å². The van der Waals surface area contributed by atoms with Crippen molar-refractivity contribution in [3.05, 3.63) is 83.0 Å². The number of aliphatic hydroxyl groups excluding tert-OH is 1. The summed E-state index contributed by atoms with van der Waals surface area (Å²) in [4.78, 5) is 48.4. The molecule has 0 bridgehead atoms. The van der Waals surface area contributed by atoms with Crippen molar-refractivity contribution in [2.24, 2.45) is 0 Å². The number of aromatic nitrogens is 1. The Kier molecular flexibility index (Phi) is 9.08. The first-order valence-corrected chi connectivity index (χ1v) is 14.3. The molecule has 10 nitrogen and oxygen atoms in total. The zero-order valence-electron chi connectivity index (χ0n) is 23.3. The van der Waals surface area contributed by atoms with Crippen LogP contribution in [0.4, 0.5) is 20.3 Å². The molecule has 1 aromatic heterocycles. The molecule has 228 valence electrons. The van der Waals surface area contributed by atoms with Gasteiger partial charge in [-0.15, -0.1) is 0 Å². The Bertz CT molecular complexity index is 1610. The van der Waals surface area contributed by atoms with Crippen LogP contribution in [0, 0.1) is 11.3 Å². The Balaban J connectivity index is 1.62. The lowest BCUT2D eigenvalue weighted by Gasteiger charge is -2.39. The highest BCUT2D eigenvalue weighted by Gasteiger charge is 2.48. The first-order valence-electron chi connectivity index (χ1n) is 13.9. The van der Waals surface area contributed by atoms with Gasteiger partial charge >= 0.3 is 0 Å². The third kappa shape index (κ3) is 6.49. The molecule has 0 radical (unpaired) electrons. The minimum Gasteiger partial charge on any atom is -0.491 e. The maximum atomic E-state index is 14.7. The molecule has 44 heavy (non-hydrogen) atoms. The number of anilines is 2. The van der Waals surface area contributed by atoms with Gasteiger partial charge in [0.25, 0.3) is 11.8 Å². The van der Waals surface area contributed by atoms with E-state index in [1.165, 1.54) is 34.2 Å². The SMILES string of the molecule is N#Cc1ccnc(N2C(=O)CC[C@H]2C(=O)N(c2cccc(OCCO)c2)[C@H](C(=O)NC2CC(F)(F)C2)c2ccccc2Cl)c1. The van der Waals surface area contributed by atoms with Gasteiger partial charge in [0.2, 0.25) is 11.8 Å². The van der Waals surface area contributed by atoms with Crippen molar-refractivity contribution in [2.75, 3.05) is 23.0 Å². The van der Waals surface area contributed by atoms with Crippen LogP contribution in [0.5, 0.6) is 5.75 Å². The molecule has 2 atom stereocenters. The number of hydrogen-bond acceptors (Lipinski definition) is 7. The average molecular weight is 624 g/mol. The average Bonchev–Trinajstić information content (AvgIpc) is 3.39. The number of nitrogens with zero attached hydrogens (tertiary/aromatic N) is 4. The van der Waals surface area contributed by atoms with E-state index in [0.29, 0.717) is 0 Å². The lowest BCUT2D eigenvalue weighted by atomic mass is 9.87. The summed E-state index contributed by atoms with van der Waals surface area (Å²) in [5, 5.41) is 21.4. The number of benzene rings is 2. The van der Waals surface area contributed by atoms with Gasteiger partial charge in [-0.3, -0.25) is 24.2 Å². The van der Waals surface area contributed by atoms with E-state index in [0.717, 1.165) is 0 Å². The number of carbonyl (C=O) groups excluding carboxylic acids is 3. The first kappa shape index (κ1) is 30.8. The number of amides is 3. The summed E-state index contributed by atoms with van der Waals surface area (Å²) >= 11 is 6.57. The van der Waals surface area contributed by atoms with Crippen LogP contribution >= 0.6 is 11.6 Å². The van der Waals surface area contributed by atoms with Crippen molar-refractivity contribution in [3.63, 3.8) is 0 Å². The van der Waals surface area contributed by atoms with Crippen LogP contribution < -0.4 is 19.9 Å². The smallest absolute Gasteiger partial charge is 0.252 e. The van der Waals surface area contributed by atoms with Crippen LogP contribution in [-0.4, -0.2) is 59.0 Å². The number of nitrogens with one attached hydrogen (secondary N) is 1. The third-order valence-electron chi connectivity index (χ3n) is 7.45. The minimum absolute atomic E-state index is 0.00245. The lowest BCUT2D eigenvalue weighted by molar-refractivity contribution is -0.133. The molecule has 2 N–H and O–H groups in total. The summed E-state index contributed by atoms with van der Waals surface area (Å²) in [6.07, 6.45) is 0.354. The number of nitriles is 1. The number of rotatable bonds is 10. The molecule has 1 aliphatic carbocycles. The standard InChI is InChI=1S/C31H28ClF2N5O5/c32-24-7-2-1-6-23(24)28(29(42)37-20-16-31(33,34)17-20)38(21-4-3-5-22(15-21)44-13-12-40)30(43)25-8-9-27(41)39(25)26-14-19(18-35)10-11-36-26/h1-7,10-11,14-15,20,25,28,40H,8-9,12-13,16-17H2,(H,37,42)/t25-,28-/m0/s1. The van der Waals surface area contributed by atoms with E-state index in [4.69, 9.17) is 16.3 Å². The normalized spacial score (nSPS) is 18.2. The van der Waals surface area contributed by atoms with Gasteiger partial charge in [-0.1, -0.05) is 35.9 Å². The quantitative estimate of drug-likeness (QED) is 0.346. The topological polar surface area (TPSA) is 136 Å². The predicted molar refractivity (Wildman–Crippen MR) is 156 cm³/mol. The van der Waals surface area contributed by atoms with Crippen LogP contribution in [0.25, 0.3) is 0 Å². The number of halogens is 3. The number of hydrogen-bond donors (Lipinski definition) is 2. The highest BCUT2D eigenvalue weighted by molar-refractivity contribution is 6.31. The number of pyridine rings is 1. The van der Waals surface area contributed by atoms with Crippen LogP contribution in [0.1, 0.15) is 42.9 Å². The predicted octanol–water partition coefficient (Wildman–Crippen LogP) is 4.16. The number of ether oxygens (including phenoxy) is 1. The molecule has 2 aliphatic rings. The molecule has 3 amide bonds. The van der Waals surface area contributed by atoms with Crippen LogP contribution in [-0.2, 0) is 14.4 Å². The summed E-state index contributed by atoms with van der Waals surface area (Å²) in [6, 6.07) is 14.1. The van der Waals surface area contributed by atoms with Crippen LogP contribution in [0.3, 0.4) is 0 Å². The van der Waals surface area contributed by atoms with E-state index in [1.54, 1.807) is 42.5 Å².